The van der Waals surface area contributed by atoms with Gasteiger partial charge in [0.05, 0.1) is 9.82 Å². The number of ether oxygens (including phenoxy) is 1. The summed E-state index contributed by atoms with van der Waals surface area (Å²) in [6.45, 7) is 2.54. The lowest BCUT2D eigenvalue weighted by molar-refractivity contribution is -0.386. The molecule has 1 heterocycles. The fourth-order valence-corrected chi connectivity index (χ4v) is 4.96. The number of halogens is 1. The molecule has 0 aromatic heterocycles. The van der Waals surface area contributed by atoms with Crippen LogP contribution in [0.5, 0.6) is 5.75 Å². The van der Waals surface area contributed by atoms with Gasteiger partial charge in [-0.3, -0.25) is 10.1 Å². The van der Waals surface area contributed by atoms with Gasteiger partial charge in [-0.15, -0.1) is 0 Å². The molecular formula is C21H26FN3O6S. The van der Waals surface area contributed by atoms with Crippen LogP contribution in [-0.2, 0) is 10.0 Å². The van der Waals surface area contributed by atoms with Gasteiger partial charge in [-0.2, -0.15) is 4.31 Å². The largest absolute Gasteiger partial charge is 0.484 e. The van der Waals surface area contributed by atoms with Crippen LogP contribution in [0.3, 0.4) is 0 Å². The van der Waals surface area contributed by atoms with E-state index in [0.717, 1.165) is 24.5 Å². The fourth-order valence-electron chi connectivity index (χ4n) is 3.43. The summed E-state index contributed by atoms with van der Waals surface area (Å²) < 4.78 is 45.1. The molecule has 0 aliphatic carbocycles. The second kappa shape index (κ2) is 10.3. The van der Waals surface area contributed by atoms with Crippen molar-refractivity contribution in [3.05, 3.63) is 64.0 Å². The number of nitrogens with zero attached hydrogens (tertiary/aromatic N) is 2. The summed E-state index contributed by atoms with van der Waals surface area (Å²) in [5, 5.41) is 24.7. The van der Waals surface area contributed by atoms with Crippen molar-refractivity contribution < 1.29 is 27.6 Å². The molecule has 2 atom stereocenters. The Labute approximate surface area is 186 Å². The number of rotatable bonds is 10. The van der Waals surface area contributed by atoms with Crippen molar-refractivity contribution in [2.75, 3.05) is 26.2 Å². The van der Waals surface area contributed by atoms with E-state index >= 15 is 0 Å². The Morgan fingerprint density at radius 3 is 2.50 bits per heavy atom. The maximum Gasteiger partial charge on any atom is 0.312 e. The smallest absolute Gasteiger partial charge is 0.312 e. The van der Waals surface area contributed by atoms with Crippen LogP contribution in [0.25, 0.3) is 0 Å². The van der Waals surface area contributed by atoms with Gasteiger partial charge in [0.1, 0.15) is 18.5 Å². The highest BCUT2D eigenvalue weighted by Crippen LogP contribution is 2.32. The number of sulfonamides is 1. The molecule has 2 aromatic carbocycles. The Balaban J connectivity index is 1.61. The quantitative estimate of drug-likeness (QED) is 0.407. The molecule has 9 nitrogen and oxygen atoms in total. The van der Waals surface area contributed by atoms with Crippen molar-refractivity contribution in [3.63, 3.8) is 0 Å². The fraction of sp³-hybridized carbons (Fsp3) is 0.429. The molecule has 1 saturated heterocycles. The van der Waals surface area contributed by atoms with Crippen LogP contribution in [0, 0.1) is 15.9 Å². The first-order chi connectivity index (χ1) is 15.2. The molecule has 1 aliphatic rings. The van der Waals surface area contributed by atoms with Gasteiger partial charge < -0.3 is 15.2 Å². The Kier molecular flexibility index (Phi) is 7.77. The predicted molar refractivity (Wildman–Crippen MR) is 115 cm³/mol. The summed E-state index contributed by atoms with van der Waals surface area (Å²) in [4.78, 5) is 10.6. The monoisotopic (exact) mass is 467 g/mol. The first kappa shape index (κ1) is 24.1. The third-order valence-corrected chi connectivity index (χ3v) is 7.19. The van der Waals surface area contributed by atoms with Gasteiger partial charge in [0.2, 0.25) is 10.0 Å². The zero-order valence-electron chi connectivity index (χ0n) is 17.6. The van der Waals surface area contributed by atoms with E-state index in [-0.39, 0.29) is 35.7 Å². The lowest BCUT2D eigenvalue weighted by Crippen LogP contribution is -2.33. The third-order valence-electron chi connectivity index (χ3n) is 5.29. The molecule has 2 aromatic rings. The molecule has 11 heteroatoms. The van der Waals surface area contributed by atoms with E-state index in [9.17, 15) is 28.0 Å². The minimum Gasteiger partial charge on any atom is -0.484 e. The van der Waals surface area contributed by atoms with E-state index in [0.29, 0.717) is 13.1 Å². The van der Waals surface area contributed by atoms with Crippen LogP contribution < -0.4 is 10.1 Å². The maximum absolute atomic E-state index is 13.0. The van der Waals surface area contributed by atoms with Crippen molar-refractivity contribution >= 4 is 15.7 Å². The molecular weight excluding hydrogens is 441 g/mol. The molecule has 1 fully saturated rings. The van der Waals surface area contributed by atoms with E-state index in [2.05, 4.69) is 5.32 Å². The SMILES string of the molecule is C[C@@H](NC[C@@H](O)COc1ccc(S(=O)(=O)N2CCCC2)cc1[N+](=O)[O-])c1ccc(F)cc1. The van der Waals surface area contributed by atoms with Gasteiger partial charge in [0, 0.05) is 31.7 Å². The standard InChI is InChI=1S/C21H26FN3O6S/c1-15(16-4-6-17(22)7-5-16)23-13-18(26)14-31-21-9-8-19(12-20(21)25(27)28)32(29,30)24-10-2-3-11-24/h4-9,12,15,18,23,26H,2-3,10-11,13-14H2,1H3/t15-,18-/m1/s1. The molecule has 0 bridgehead atoms. The van der Waals surface area contributed by atoms with Crippen LogP contribution in [0.1, 0.15) is 31.4 Å². The summed E-state index contributed by atoms with van der Waals surface area (Å²) in [6, 6.07) is 9.31. The summed E-state index contributed by atoms with van der Waals surface area (Å²) in [7, 11) is -3.80. The van der Waals surface area contributed by atoms with Gasteiger partial charge in [-0.05, 0) is 49.6 Å². The van der Waals surface area contributed by atoms with Gasteiger partial charge in [0.15, 0.2) is 5.75 Å². The highest BCUT2D eigenvalue weighted by Gasteiger charge is 2.30. The van der Waals surface area contributed by atoms with Crippen LogP contribution in [-0.4, -0.2) is 55.1 Å². The van der Waals surface area contributed by atoms with E-state index in [1.807, 2.05) is 6.92 Å². The zero-order valence-corrected chi connectivity index (χ0v) is 18.4. The number of nitro benzene ring substituents is 1. The highest BCUT2D eigenvalue weighted by atomic mass is 32.2. The molecule has 2 N–H and O–H groups in total. The molecule has 1 aliphatic heterocycles. The topological polar surface area (TPSA) is 122 Å². The first-order valence-electron chi connectivity index (χ1n) is 10.3. The zero-order chi connectivity index (χ0) is 23.3. The highest BCUT2D eigenvalue weighted by molar-refractivity contribution is 7.89. The second-order valence-electron chi connectivity index (χ2n) is 7.64. The molecule has 0 spiro atoms. The molecule has 0 radical (unpaired) electrons. The third kappa shape index (κ3) is 5.80. The second-order valence-corrected chi connectivity index (χ2v) is 9.58. The lowest BCUT2D eigenvalue weighted by Gasteiger charge is -2.18. The van der Waals surface area contributed by atoms with Crippen LogP contribution in [0.15, 0.2) is 47.4 Å². The molecule has 32 heavy (non-hydrogen) atoms. The van der Waals surface area contributed by atoms with Crippen molar-refractivity contribution in [1.29, 1.82) is 0 Å². The average Bonchev–Trinajstić information content (AvgIpc) is 3.32. The number of aliphatic hydroxyl groups is 1. The molecule has 0 saturated carbocycles. The van der Waals surface area contributed by atoms with Gasteiger partial charge >= 0.3 is 5.69 Å². The van der Waals surface area contributed by atoms with Crippen molar-refractivity contribution in [2.45, 2.75) is 36.8 Å². The number of nitro groups is 1. The number of nitrogens with one attached hydrogen (secondary N) is 1. The molecule has 3 rings (SSSR count). The molecule has 0 amide bonds. The number of hydrogen-bond donors (Lipinski definition) is 2. The number of hydrogen-bond acceptors (Lipinski definition) is 7. The van der Waals surface area contributed by atoms with Crippen LogP contribution in [0.2, 0.25) is 0 Å². The minimum absolute atomic E-state index is 0.124. The lowest BCUT2D eigenvalue weighted by atomic mass is 10.1. The van der Waals surface area contributed by atoms with Crippen LogP contribution in [0.4, 0.5) is 10.1 Å². The summed E-state index contributed by atoms with van der Waals surface area (Å²) in [6.07, 6.45) is 0.535. The Morgan fingerprint density at radius 2 is 1.88 bits per heavy atom. The van der Waals surface area contributed by atoms with E-state index < -0.39 is 26.7 Å². The van der Waals surface area contributed by atoms with E-state index in [1.165, 1.54) is 28.6 Å². The Morgan fingerprint density at radius 1 is 1.22 bits per heavy atom. The Bertz CT molecular complexity index is 1040. The Hall–Kier alpha value is -2.60. The van der Waals surface area contributed by atoms with Crippen molar-refractivity contribution in [1.82, 2.24) is 9.62 Å². The molecule has 0 unspecified atom stereocenters. The van der Waals surface area contributed by atoms with E-state index in [1.54, 1.807) is 12.1 Å². The predicted octanol–water partition coefficient (Wildman–Crippen LogP) is 2.61. The summed E-state index contributed by atoms with van der Waals surface area (Å²) in [5.74, 6) is -0.462. The van der Waals surface area contributed by atoms with Crippen molar-refractivity contribution in [3.8, 4) is 5.75 Å². The van der Waals surface area contributed by atoms with Gasteiger partial charge in [-0.25, -0.2) is 12.8 Å². The van der Waals surface area contributed by atoms with E-state index in [4.69, 9.17) is 4.74 Å². The van der Waals surface area contributed by atoms with Crippen molar-refractivity contribution in [2.24, 2.45) is 0 Å². The maximum atomic E-state index is 13.0. The summed E-state index contributed by atoms with van der Waals surface area (Å²) in [5.41, 5.74) is 0.357. The van der Waals surface area contributed by atoms with Gasteiger partial charge in [-0.1, -0.05) is 12.1 Å². The molecule has 174 valence electrons. The minimum atomic E-state index is -3.80. The normalized spacial score (nSPS) is 16.6. The first-order valence-corrected chi connectivity index (χ1v) is 11.7. The summed E-state index contributed by atoms with van der Waals surface area (Å²) >= 11 is 0. The number of aliphatic hydroxyl groups excluding tert-OH is 1. The average molecular weight is 468 g/mol. The van der Waals surface area contributed by atoms with Crippen LogP contribution >= 0.6 is 0 Å². The number of benzene rings is 2. The van der Waals surface area contributed by atoms with Gasteiger partial charge in [0.25, 0.3) is 0 Å².